The predicted molar refractivity (Wildman–Crippen MR) is 125 cm³/mol. The van der Waals surface area contributed by atoms with Gasteiger partial charge >= 0.3 is 0 Å². The summed E-state index contributed by atoms with van der Waals surface area (Å²) in [7, 11) is 0. The summed E-state index contributed by atoms with van der Waals surface area (Å²) in [6, 6.07) is 8.65. The summed E-state index contributed by atoms with van der Waals surface area (Å²) in [6.07, 6.45) is 4.16. The van der Waals surface area contributed by atoms with Crippen LogP contribution in [0.4, 0.5) is 10.1 Å². The molecule has 0 spiro atoms. The molecule has 0 radical (unpaired) electrons. The van der Waals surface area contributed by atoms with E-state index in [1.54, 1.807) is 18.2 Å². The molecule has 2 aliphatic rings. The Morgan fingerprint density at radius 3 is 2.66 bits per heavy atom. The van der Waals surface area contributed by atoms with Gasteiger partial charge in [0.15, 0.2) is 5.78 Å². The quantitative estimate of drug-likeness (QED) is 0.467. The van der Waals surface area contributed by atoms with Crippen LogP contribution in [0.1, 0.15) is 42.3 Å². The molecule has 0 aliphatic carbocycles. The van der Waals surface area contributed by atoms with E-state index in [0.29, 0.717) is 17.9 Å². The van der Waals surface area contributed by atoms with E-state index in [1.165, 1.54) is 12.1 Å². The Hall–Kier alpha value is -2.86. The number of fused-ring (bicyclic) bond motifs is 1. The number of nitrogens with zero attached hydrogens (tertiary/aromatic N) is 2. The Balaban J connectivity index is 1.49. The van der Waals surface area contributed by atoms with Crippen LogP contribution in [0, 0.1) is 5.82 Å². The molecular formula is C26H31FN2O3. The molecule has 0 saturated carbocycles. The van der Waals surface area contributed by atoms with E-state index >= 15 is 0 Å². The van der Waals surface area contributed by atoms with Crippen LogP contribution in [0.25, 0.3) is 6.08 Å². The first-order valence-electron chi connectivity index (χ1n) is 11.4. The number of allylic oxidation sites excluding steroid dienone is 1. The number of anilines is 1. The molecule has 1 unspecified atom stereocenters. The third-order valence-corrected chi connectivity index (χ3v) is 6.13. The number of carbonyl (C=O) groups excluding carboxylic acids is 1. The van der Waals surface area contributed by atoms with E-state index in [4.69, 9.17) is 9.47 Å². The summed E-state index contributed by atoms with van der Waals surface area (Å²) in [4.78, 5) is 17.1. The van der Waals surface area contributed by atoms with Gasteiger partial charge in [-0.25, -0.2) is 4.39 Å². The third-order valence-electron chi connectivity index (χ3n) is 6.13. The Morgan fingerprint density at radius 1 is 1.19 bits per heavy atom. The summed E-state index contributed by atoms with van der Waals surface area (Å²) in [5.41, 5.74) is 2.78. The predicted octanol–water partition coefficient (Wildman–Crippen LogP) is 4.59. The van der Waals surface area contributed by atoms with E-state index in [-0.39, 0.29) is 17.7 Å². The lowest BCUT2D eigenvalue weighted by Crippen LogP contribution is -2.46. The zero-order valence-corrected chi connectivity index (χ0v) is 19.1. The largest absolute Gasteiger partial charge is 0.493 e. The monoisotopic (exact) mass is 438 g/mol. The first kappa shape index (κ1) is 22.3. The van der Waals surface area contributed by atoms with Crippen molar-refractivity contribution in [1.29, 1.82) is 0 Å². The molecule has 0 aromatic heterocycles. The number of likely N-dealkylation sites (N-methyl/N-ethyl adjacent to an activating group) is 1. The van der Waals surface area contributed by atoms with Gasteiger partial charge in [0.25, 0.3) is 0 Å². The first-order valence-corrected chi connectivity index (χ1v) is 11.4. The average molecular weight is 439 g/mol. The van der Waals surface area contributed by atoms with Crippen molar-refractivity contribution in [1.82, 2.24) is 4.90 Å². The van der Waals surface area contributed by atoms with Crippen LogP contribution in [0.2, 0.25) is 0 Å². The van der Waals surface area contributed by atoms with Crippen molar-refractivity contribution >= 4 is 17.5 Å². The second kappa shape index (κ2) is 9.74. The molecule has 2 aromatic rings. The van der Waals surface area contributed by atoms with Crippen LogP contribution in [0.3, 0.4) is 0 Å². The van der Waals surface area contributed by atoms with Crippen molar-refractivity contribution in [2.24, 2.45) is 0 Å². The van der Waals surface area contributed by atoms with Gasteiger partial charge in [-0.3, -0.25) is 4.79 Å². The SMILES string of the molecule is CCOc1cc2c(cc1/C=C/C(=O)c1ccc(N3CCN(CC)CC3)c(F)c1)OC(C)C2. The van der Waals surface area contributed by atoms with E-state index in [9.17, 15) is 9.18 Å². The maximum absolute atomic E-state index is 14.8. The van der Waals surface area contributed by atoms with Crippen molar-refractivity contribution in [3.8, 4) is 11.5 Å². The van der Waals surface area contributed by atoms with Crippen molar-refractivity contribution in [3.05, 3.63) is 58.9 Å². The highest BCUT2D eigenvalue weighted by Gasteiger charge is 2.22. The van der Waals surface area contributed by atoms with E-state index in [2.05, 4.69) is 11.8 Å². The number of hydrogen-bond acceptors (Lipinski definition) is 5. The topological polar surface area (TPSA) is 42.0 Å². The molecule has 1 saturated heterocycles. The average Bonchev–Trinajstić information content (AvgIpc) is 3.16. The van der Waals surface area contributed by atoms with Gasteiger partial charge in [0.05, 0.1) is 12.3 Å². The Kier molecular flexibility index (Phi) is 6.80. The highest BCUT2D eigenvalue weighted by molar-refractivity contribution is 6.07. The van der Waals surface area contributed by atoms with Gasteiger partial charge in [0.2, 0.25) is 0 Å². The number of hydrogen-bond donors (Lipinski definition) is 0. The normalized spacial score (nSPS) is 18.6. The zero-order valence-electron chi connectivity index (χ0n) is 19.1. The molecule has 5 nitrogen and oxygen atoms in total. The number of carbonyl (C=O) groups is 1. The van der Waals surface area contributed by atoms with Crippen LogP contribution < -0.4 is 14.4 Å². The lowest BCUT2D eigenvalue weighted by atomic mass is 10.0. The van der Waals surface area contributed by atoms with Crippen LogP contribution >= 0.6 is 0 Å². The first-order chi connectivity index (χ1) is 15.5. The lowest BCUT2D eigenvalue weighted by molar-refractivity contribution is 0.104. The van der Waals surface area contributed by atoms with E-state index in [1.807, 2.05) is 30.9 Å². The van der Waals surface area contributed by atoms with E-state index in [0.717, 1.165) is 61.8 Å². The van der Waals surface area contributed by atoms with Gasteiger partial charge in [0.1, 0.15) is 23.4 Å². The van der Waals surface area contributed by atoms with E-state index < -0.39 is 0 Å². The van der Waals surface area contributed by atoms with Crippen molar-refractivity contribution < 1.29 is 18.7 Å². The molecule has 0 bridgehead atoms. The molecule has 1 atom stereocenters. The van der Waals surface area contributed by atoms with Crippen LogP contribution in [0.5, 0.6) is 11.5 Å². The maximum atomic E-state index is 14.8. The fourth-order valence-electron chi connectivity index (χ4n) is 4.35. The Bertz CT molecular complexity index is 1010. The van der Waals surface area contributed by atoms with Gasteiger partial charge in [-0.2, -0.15) is 0 Å². The fourth-order valence-corrected chi connectivity index (χ4v) is 4.35. The second-order valence-electron chi connectivity index (χ2n) is 8.35. The lowest BCUT2D eigenvalue weighted by Gasteiger charge is -2.35. The molecular weight excluding hydrogens is 407 g/mol. The molecule has 2 aromatic carbocycles. The molecule has 6 heteroatoms. The maximum Gasteiger partial charge on any atom is 0.185 e. The minimum Gasteiger partial charge on any atom is -0.493 e. The summed E-state index contributed by atoms with van der Waals surface area (Å²) in [6.45, 7) is 11.1. The van der Waals surface area contributed by atoms with Crippen molar-refractivity contribution in [3.63, 3.8) is 0 Å². The molecule has 32 heavy (non-hydrogen) atoms. The third kappa shape index (κ3) is 4.80. The number of halogens is 1. The molecule has 4 rings (SSSR count). The summed E-state index contributed by atoms with van der Waals surface area (Å²) < 4.78 is 26.4. The van der Waals surface area contributed by atoms with Gasteiger partial charge in [0, 0.05) is 49.3 Å². The minimum absolute atomic E-state index is 0.131. The number of benzene rings is 2. The highest BCUT2D eigenvalue weighted by atomic mass is 19.1. The van der Waals surface area contributed by atoms with Gasteiger partial charge in [-0.15, -0.1) is 0 Å². The minimum atomic E-state index is -0.357. The van der Waals surface area contributed by atoms with Crippen LogP contribution in [-0.4, -0.2) is 56.1 Å². The number of piperazine rings is 1. The van der Waals surface area contributed by atoms with Crippen LogP contribution in [-0.2, 0) is 6.42 Å². The molecule has 170 valence electrons. The smallest absolute Gasteiger partial charge is 0.185 e. The molecule has 2 aliphatic heterocycles. The highest BCUT2D eigenvalue weighted by Crippen LogP contribution is 2.35. The van der Waals surface area contributed by atoms with Gasteiger partial charge in [-0.05, 0) is 62.9 Å². The van der Waals surface area contributed by atoms with Gasteiger partial charge in [-0.1, -0.05) is 6.92 Å². The Labute approximate surface area is 189 Å². The molecule has 0 N–H and O–H groups in total. The standard InChI is InChI=1S/C26H31FN2O3/c1-4-28-10-12-29(13-11-28)23-8-6-19(15-22(23)27)24(30)9-7-20-16-26-21(14-18(3)32-26)17-25(20)31-5-2/h6-9,15-18H,4-5,10-14H2,1-3H3/b9-7+. The van der Waals surface area contributed by atoms with Gasteiger partial charge < -0.3 is 19.3 Å². The number of ketones is 1. The van der Waals surface area contributed by atoms with Crippen molar-refractivity contribution in [2.75, 3.05) is 44.2 Å². The number of ether oxygens (including phenoxy) is 2. The zero-order chi connectivity index (χ0) is 22.7. The fraction of sp³-hybridized carbons (Fsp3) is 0.423. The second-order valence-corrected chi connectivity index (χ2v) is 8.35. The van der Waals surface area contributed by atoms with Crippen molar-refractivity contribution in [2.45, 2.75) is 33.3 Å². The summed E-state index contributed by atoms with van der Waals surface area (Å²) in [5, 5.41) is 0. The number of rotatable bonds is 7. The summed E-state index contributed by atoms with van der Waals surface area (Å²) >= 11 is 0. The summed E-state index contributed by atoms with van der Waals surface area (Å²) in [5.74, 6) is 0.944. The Morgan fingerprint density at radius 2 is 1.97 bits per heavy atom. The molecule has 1 fully saturated rings. The molecule has 2 heterocycles. The molecule has 0 amide bonds. The van der Waals surface area contributed by atoms with Crippen LogP contribution in [0.15, 0.2) is 36.4 Å².